The van der Waals surface area contributed by atoms with E-state index in [0.717, 1.165) is 4.88 Å². The fraction of sp³-hybridized carbons (Fsp3) is 0.357. The number of amides is 1. The van der Waals surface area contributed by atoms with E-state index in [0.29, 0.717) is 22.4 Å². The third-order valence-electron chi connectivity index (χ3n) is 2.92. The molecule has 0 aliphatic rings. The fourth-order valence-corrected chi connectivity index (χ4v) is 2.92. The smallest absolute Gasteiger partial charge is 0.274 e. The second-order valence-corrected chi connectivity index (χ2v) is 6.85. The Labute approximate surface area is 132 Å². The fourth-order valence-electron chi connectivity index (χ4n) is 1.78. The predicted octanol–water partition coefficient (Wildman–Crippen LogP) is 3.17. The minimum Gasteiger partial charge on any atom is -0.396 e. The Morgan fingerprint density at radius 1 is 1.48 bits per heavy atom. The first kappa shape index (κ1) is 15.7. The highest BCUT2D eigenvalue weighted by Crippen LogP contribution is 2.23. The van der Waals surface area contributed by atoms with Gasteiger partial charge < -0.3 is 10.6 Å². The van der Waals surface area contributed by atoms with Crippen molar-refractivity contribution in [3.63, 3.8) is 0 Å². The summed E-state index contributed by atoms with van der Waals surface area (Å²) in [6.45, 7) is 4.41. The molecule has 0 saturated heterocycles. The molecule has 0 saturated carbocycles. The molecule has 21 heavy (non-hydrogen) atoms. The molecule has 0 unspecified atom stereocenters. The van der Waals surface area contributed by atoms with Crippen molar-refractivity contribution in [2.75, 3.05) is 12.8 Å². The maximum atomic E-state index is 12.5. The molecule has 1 amide bonds. The molecule has 2 N–H and O–H groups in total. The number of nitrogens with zero attached hydrogens (tertiary/aromatic N) is 3. The van der Waals surface area contributed by atoms with Gasteiger partial charge in [-0.15, -0.1) is 11.3 Å². The van der Waals surface area contributed by atoms with Crippen LogP contribution in [0.25, 0.3) is 0 Å². The average Bonchev–Trinajstić information content (AvgIpc) is 2.83. The Hall–Kier alpha value is -1.66. The van der Waals surface area contributed by atoms with Crippen LogP contribution in [0.3, 0.4) is 0 Å². The minimum absolute atomic E-state index is 0.138. The van der Waals surface area contributed by atoms with Crippen molar-refractivity contribution in [1.82, 2.24) is 14.9 Å². The van der Waals surface area contributed by atoms with Gasteiger partial charge in [0.15, 0.2) is 5.69 Å². The lowest BCUT2D eigenvalue weighted by atomic mass is 10.2. The molecule has 0 atom stereocenters. The van der Waals surface area contributed by atoms with Crippen molar-refractivity contribution < 1.29 is 4.79 Å². The van der Waals surface area contributed by atoms with E-state index in [9.17, 15) is 4.79 Å². The van der Waals surface area contributed by atoms with E-state index >= 15 is 0 Å². The van der Waals surface area contributed by atoms with Gasteiger partial charge in [0.2, 0.25) is 0 Å². The molecule has 0 fully saturated rings. The van der Waals surface area contributed by atoms with Gasteiger partial charge >= 0.3 is 0 Å². The third-order valence-corrected chi connectivity index (χ3v) is 4.14. The third kappa shape index (κ3) is 3.71. The van der Waals surface area contributed by atoms with E-state index < -0.39 is 0 Å². The van der Waals surface area contributed by atoms with Crippen LogP contribution >= 0.6 is 22.9 Å². The van der Waals surface area contributed by atoms with Gasteiger partial charge in [-0.25, -0.2) is 9.97 Å². The summed E-state index contributed by atoms with van der Waals surface area (Å²) in [5.41, 5.74) is 6.38. The van der Waals surface area contributed by atoms with Crippen LogP contribution < -0.4 is 5.73 Å². The van der Waals surface area contributed by atoms with Gasteiger partial charge in [-0.1, -0.05) is 25.4 Å². The summed E-state index contributed by atoms with van der Waals surface area (Å²) in [6, 6.07) is 3.72. The molecule has 112 valence electrons. The van der Waals surface area contributed by atoms with E-state index in [1.807, 2.05) is 26.0 Å². The van der Waals surface area contributed by atoms with Gasteiger partial charge in [-0.3, -0.25) is 4.79 Å². The zero-order valence-corrected chi connectivity index (χ0v) is 13.7. The largest absolute Gasteiger partial charge is 0.396 e. The van der Waals surface area contributed by atoms with Crippen molar-refractivity contribution in [3.05, 3.63) is 39.1 Å². The Bertz CT molecular complexity index is 656. The zero-order valence-electron chi connectivity index (χ0n) is 12.1. The van der Waals surface area contributed by atoms with Crippen LogP contribution in [-0.2, 0) is 6.54 Å². The predicted molar refractivity (Wildman–Crippen MR) is 85.7 cm³/mol. The molecule has 2 aromatic heterocycles. The Balaban J connectivity index is 2.20. The first-order valence-electron chi connectivity index (χ1n) is 6.50. The van der Waals surface area contributed by atoms with E-state index in [-0.39, 0.29) is 17.5 Å². The number of nitrogens with two attached hydrogens (primary N) is 1. The number of carbonyl (C=O) groups is 1. The molecule has 0 spiro atoms. The van der Waals surface area contributed by atoms with E-state index in [1.165, 1.54) is 17.5 Å². The van der Waals surface area contributed by atoms with Crippen LogP contribution in [-0.4, -0.2) is 27.8 Å². The molecular formula is C14H17ClN4OS. The summed E-state index contributed by atoms with van der Waals surface area (Å²) in [4.78, 5) is 23.5. The highest BCUT2D eigenvalue weighted by atomic mass is 35.5. The number of halogens is 1. The highest BCUT2D eigenvalue weighted by Gasteiger charge is 2.19. The Morgan fingerprint density at radius 3 is 2.76 bits per heavy atom. The van der Waals surface area contributed by atoms with E-state index in [4.69, 9.17) is 17.3 Å². The summed E-state index contributed by atoms with van der Waals surface area (Å²) < 4.78 is 0.703. The molecule has 7 heteroatoms. The molecule has 5 nitrogen and oxygen atoms in total. The SMILES string of the molecule is CC(C)c1ncc(N)c(C(=O)N(C)Cc2ccc(Cl)s2)n1. The van der Waals surface area contributed by atoms with E-state index in [2.05, 4.69) is 9.97 Å². The number of anilines is 1. The van der Waals surface area contributed by atoms with Crippen LogP contribution in [0.15, 0.2) is 18.3 Å². The standard InChI is InChI=1S/C14H17ClN4OS/c1-8(2)13-17-6-10(16)12(18-13)14(20)19(3)7-9-4-5-11(15)21-9/h4-6,8H,7,16H2,1-3H3. The van der Waals surface area contributed by atoms with Gasteiger partial charge in [0.05, 0.1) is 22.8 Å². The number of hydrogen-bond acceptors (Lipinski definition) is 5. The second-order valence-electron chi connectivity index (χ2n) is 5.05. The summed E-state index contributed by atoms with van der Waals surface area (Å²) in [7, 11) is 1.71. The van der Waals surface area contributed by atoms with Gasteiger partial charge in [0.1, 0.15) is 5.82 Å². The number of carbonyl (C=O) groups excluding carboxylic acids is 1. The van der Waals surface area contributed by atoms with E-state index in [1.54, 1.807) is 11.9 Å². The summed E-state index contributed by atoms with van der Waals surface area (Å²) >= 11 is 7.34. The normalized spacial score (nSPS) is 10.9. The lowest BCUT2D eigenvalue weighted by Gasteiger charge is -2.17. The van der Waals surface area contributed by atoms with Crippen LogP contribution in [0.4, 0.5) is 5.69 Å². The Morgan fingerprint density at radius 2 is 2.19 bits per heavy atom. The van der Waals surface area contributed by atoms with Gasteiger partial charge in [-0.05, 0) is 12.1 Å². The molecule has 2 rings (SSSR count). The zero-order chi connectivity index (χ0) is 15.6. The summed E-state index contributed by atoms with van der Waals surface area (Å²) in [5.74, 6) is 0.528. The lowest BCUT2D eigenvalue weighted by Crippen LogP contribution is -2.28. The number of hydrogen-bond donors (Lipinski definition) is 1. The van der Waals surface area contributed by atoms with Crippen molar-refractivity contribution in [2.45, 2.75) is 26.3 Å². The van der Waals surface area contributed by atoms with Crippen molar-refractivity contribution in [2.24, 2.45) is 0 Å². The lowest BCUT2D eigenvalue weighted by molar-refractivity contribution is 0.0781. The molecule has 2 heterocycles. The summed E-state index contributed by atoms with van der Waals surface area (Å²) in [6.07, 6.45) is 1.49. The molecule has 0 aliphatic heterocycles. The topological polar surface area (TPSA) is 72.1 Å². The van der Waals surface area contributed by atoms with Gasteiger partial charge in [0.25, 0.3) is 5.91 Å². The van der Waals surface area contributed by atoms with Crippen molar-refractivity contribution in [1.29, 1.82) is 0 Å². The number of nitrogen functional groups attached to an aromatic ring is 1. The number of aromatic nitrogens is 2. The number of thiophene rings is 1. The Kier molecular flexibility index (Phi) is 4.80. The van der Waals surface area contributed by atoms with Crippen LogP contribution in [0.1, 0.15) is 41.0 Å². The first-order valence-corrected chi connectivity index (χ1v) is 7.70. The molecular weight excluding hydrogens is 308 g/mol. The highest BCUT2D eigenvalue weighted by molar-refractivity contribution is 7.16. The molecule has 0 aromatic carbocycles. The van der Waals surface area contributed by atoms with Crippen molar-refractivity contribution in [3.8, 4) is 0 Å². The maximum Gasteiger partial charge on any atom is 0.274 e. The molecule has 2 aromatic rings. The quantitative estimate of drug-likeness (QED) is 0.937. The second kappa shape index (κ2) is 6.41. The minimum atomic E-state index is -0.221. The van der Waals surface area contributed by atoms with Crippen LogP contribution in [0, 0.1) is 0 Å². The monoisotopic (exact) mass is 324 g/mol. The van der Waals surface area contributed by atoms with Crippen molar-refractivity contribution >= 4 is 34.5 Å². The summed E-state index contributed by atoms with van der Waals surface area (Å²) in [5, 5.41) is 0. The van der Waals surface area contributed by atoms with Gasteiger partial charge in [0, 0.05) is 17.8 Å². The maximum absolute atomic E-state index is 12.5. The molecule has 0 bridgehead atoms. The molecule has 0 radical (unpaired) electrons. The average molecular weight is 325 g/mol. The van der Waals surface area contributed by atoms with Gasteiger partial charge in [-0.2, -0.15) is 0 Å². The van der Waals surface area contributed by atoms with Crippen LogP contribution in [0.5, 0.6) is 0 Å². The van der Waals surface area contributed by atoms with Crippen LogP contribution in [0.2, 0.25) is 4.34 Å². The number of rotatable bonds is 4. The molecule has 0 aliphatic carbocycles. The first-order chi connectivity index (χ1) is 9.88.